The maximum absolute atomic E-state index is 13.4. The average Bonchev–Trinajstić information content (AvgIpc) is 3.07. The van der Waals surface area contributed by atoms with Crippen LogP contribution < -0.4 is 48.3 Å². The minimum atomic E-state index is -1.22. The summed E-state index contributed by atoms with van der Waals surface area (Å²) < 4.78 is 0. The maximum Gasteiger partial charge on any atom is 0.326 e. The van der Waals surface area contributed by atoms with Crippen LogP contribution in [0.4, 0.5) is 0 Å². The predicted molar refractivity (Wildman–Crippen MR) is 208 cm³/mol. The Labute approximate surface area is 330 Å². The minimum Gasteiger partial charge on any atom is -0.480 e. The number of hydrogen-bond donors (Lipinski definition) is 10. The minimum absolute atomic E-state index is 0.0331. The highest BCUT2D eigenvalue weighted by atomic mass is 16.4. The third-order valence-electron chi connectivity index (χ3n) is 8.67. The van der Waals surface area contributed by atoms with Crippen LogP contribution in [0.2, 0.25) is 0 Å². The van der Waals surface area contributed by atoms with Gasteiger partial charge in [-0.15, -0.1) is 0 Å². The fraction of sp³-hybridized carbons (Fsp3) is 0.757. The molecule has 8 atom stereocenters. The Bertz CT molecular complexity index is 1400. The summed E-state index contributed by atoms with van der Waals surface area (Å²) in [4.78, 5) is 115. The van der Waals surface area contributed by atoms with Gasteiger partial charge in [0.15, 0.2) is 0 Å². The lowest BCUT2D eigenvalue weighted by atomic mass is 9.99. The summed E-state index contributed by atoms with van der Waals surface area (Å²) in [5.41, 5.74) is 5.63. The summed E-state index contributed by atoms with van der Waals surface area (Å²) in [7, 11) is 0. The fourth-order valence-electron chi connectivity index (χ4n) is 5.18. The lowest BCUT2D eigenvalue weighted by Gasteiger charge is -2.29. The molecule has 0 saturated heterocycles. The zero-order chi connectivity index (χ0) is 43.8. The molecule has 0 spiro atoms. The van der Waals surface area contributed by atoms with Crippen LogP contribution >= 0.6 is 0 Å². The maximum atomic E-state index is 13.4. The first-order valence-corrected chi connectivity index (χ1v) is 19.1. The first kappa shape index (κ1) is 51.2. The van der Waals surface area contributed by atoms with Crippen LogP contribution in [-0.2, 0) is 43.2 Å². The zero-order valence-electron chi connectivity index (χ0n) is 35.1. The van der Waals surface area contributed by atoms with E-state index in [1.165, 1.54) is 20.8 Å². The molecule has 0 aromatic rings. The van der Waals surface area contributed by atoms with Gasteiger partial charge in [-0.1, -0.05) is 69.2 Å². The smallest absolute Gasteiger partial charge is 0.326 e. The van der Waals surface area contributed by atoms with Crippen molar-refractivity contribution in [1.82, 2.24) is 42.5 Å². The van der Waals surface area contributed by atoms with Crippen LogP contribution in [0.15, 0.2) is 0 Å². The summed E-state index contributed by atoms with van der Waals surface area (Å²) in [5.74, 6) is -8.30. The molecule has 0 aliphatic heterocycles. The van der Waals surface area contributed by atoms with E-state index < -0.39 is 126 Å². The molecule has 0 aromatic carbocycles. The average molecular weight is 798 g/mol. The van der Waals surface area contributed by atoms with Crippen LogP contribution in [0.5, 0.6) is 0 Å². The van der Waals surface area contributed by atoms with Gasteiger partial charge < -0.3 is 53.4 Å². The molecule has 0 radical (unpaired) electrons. The van der Waals surface area contributed by atoms with Crippen molar-refractivity contribution in [3.05, 3.63) is 0 Å². The standard InChI is InChI=1S/C37H67N9O10/c1-16(2)14-24(42-35(53)27(18(5)6)43-30(48)21(11)38)33(51)39-15-25(47)40-22(12)31(49)44-28(19(7)8)36(54)45-26(17(3)4)34(52)41-23(13)32(50)46-29(20(9)10)37(55)56/h16-24,26-29H,14-15,38H2,1-13H3,(H,39,51)(H,40,47)(H,41,52)(H,42,53)(H,43,48)(H,44,49)(H,45,54)(H,46,50)(H,55,56)/t21-,22-,23-,24-,26-,27-,28-,29-/m0/s1. The molecule has 0 aliphatic carbocycles. The number of nitrogens with one attached hydrogen (secondary N) is 8. The van der Waals surface area contributed by atoms with Crippen molar-refractivity contribution in [1.29, 1.82) is 0 Å². The second kappa shape index (κ2) is 24.0. The Morgan fingerprint density at radius 1 is 0.446 bits per heavy atom. The molecule has 19 nitrogen and oxygen atoms in total. The highest BCUT2D eigenvalue weighted by Crippen LogP contribution is 2.10. The van der Waals surface area contributed by atoms with Crippen molar-refractivity contribution in [2.75, 3.05) is 6.54 Å². The molecule has 8 amide bonds. The van der Waals surface area contributed by atoms with E-state index in [-0.39, 0.29) is 18.3 Å². The summed E-state index contributed by atoms with van der Waals surface area (Å²) in [6, 6.07) is -8.60. The molecule has 0 bridgehead atoms. The first-order valence-electron chi connectivity index (χ1n) is 19.1. The first-order chi connectivity index (χ1) is 25.7. The molecule has 0 unspecified atom stereocenters. The number of carboxylic acid groups (broad SMARTS) is 1. The Kier molecular flexibility index (Phi) is 21.9. The highest BCUT2D eigenvalue weighted by molar-refractivity contribution is 5.97. The third kappa shape index (κ3) is 17.8. The van der Waals surface area contributed by atoms with Gasteiger partial charge in [-0.3, -0.25) is 38.4 Å². The SMILES string of the molecule is CC(C)C[C@H](NC(=O)[C@@H](NC(=O)[C@H](C)N)C(C)C)C(=O)NCC(=O)N[C@@H](C)C(=O)N[C@H](C(=O)N[C@H](C(=O)N[C@@H](C)C(=O)N[C@H](C(=O)O)C(C)C)C(C)C)C(C)C. The van der Waals surface area contributed by atoms with Gasteiger partial charge in [0.2, 0.25) is 47.3 Å². The second-order valence-corrected chi connectivity index (χ2v) is 16.0. The van der Waals surface area contributed by atoms with Crippen molar-refractivity contribution >= 4 is 53.2 Å². The van der Waals surface area contributed by atoms with Gasteiger partial charge in [0.1, 0.15) is 42.3 Å². The topological polar surface area (TPSA) is 296 Å². The van der Waals surface area contributed by atoms with Crippen molar-refractivity contribution in [2.24, 2.45) is 35.3 Å². The highest BCUT2D eigenvalue weighted by Gasteiger charge is 2.34. The van der Waals surface area contributed by atoms with Crippen LogP contribution in [0.3, 0.4) is 0 Å². The number of carbonyl (C=O) groups is 9. The molecule has 11 N–H and O–H groups in total. The van der Waals surface area contributed by atoms with Crippen molar-refractivity contribution in [3.8, 4) is 0 Å². The Morgan fingerprint density at radius 2 is 0.804 bits per heavy atom. The van der Waals surface area contributed by atoms with E-state index in [0.29, 0.717) is 0 Å². The molecule has 0 aromatic heterocycles. The number of rotatable bonds is 23. The van der Waals surface area contributed by atoms with Crippen molar-refractivity contribution < 1.29 is 48.3 Å². The number of nitrogens with two attached hydrogens (primary N) is 1. The number of carboxylic acids is 1. The number of hydrogen-bond acceptors (Lipinski definition) is 10. The Morgan fingerprint density at radius 3 is 1.20 bits per heavy atom. The molecule has 0 rings (SSSR count). The summed E-state index contributed by atoms with van der Waals surface area (Å²) >= 11 is 0. The molecule has 320 valence electrons. The quantitative estimate of drug-likeness (QED) is 0.0576. The van der Waals surface area contributed by atoms with E-state index in [9.17, 15) is 48.3 Å². The lowest BCUT2D eigenvalue weighted by Crippen LogP contribution is -2.60. The van der Waals surface area contributed by atoms with Crippen molar-refractivity contribution in [3.63, 3.8) is 0 Å². The zero-order valence-corrected chi connectivity index (χ0v) is 35.1. The summed E-state index contributed by atoms with van der Waals surface area (Å²) in [5, 5.41) is 29.6. The number of aliphatic carboxylic acids is 1. The molecule has 0 heterocycles. The largest absolute Gasteiger partial charge is 0.480 e. The van der Waals surface area contributed by atoms with Crippen LogP contribution in [0.1, 0.15) is 96.4 Å². The molecule has 0 saturated carbocycles. The molecule has 0 fully saturated rings. The van der Waals surface area contributed by atoms with Gasteiger partial charge in [-0.2, -0.15) is 0 Å². The van der Waals surface area contributed by atoms with E-state index in [1.54, 1.807) is 55.4 Å². The van der Waals surface area contributed by atoms with Gasteiger partial charge in [-0.05, 0) is 56.8 Å². The van der Waals surface area contributed by atoms with Gasteiger partial charge >= 0.3 is 5.97 Å². The van der Waals surface area contributed by atoms with E-state index in [2.05, 4.69) is 42.5 Å². The predicted octanol–water partition coefficient (Wildman–Crippen LogP) is -1.36. The van der Waals surface area contributed by atoms with E-state index in [0.717, 1.165) is 0 Å². The Hall–Kier alpha value is -4.81. The third-order valence-corrected chi connectivity index (χ3v) is 8.67. The fourth-order valence-corrected chi connectivity index (χ4v) is 5.18. The molecule has 0 aliphatic rings. The van der Waals surface area contributed by atoms with Gasteiger partial charge in [0.05, 0.1) is 12.6 Å². The number of carbonyl (C=O) groups excluding carboxylic acids is 8. The van der Waals surface area contributed by atoms with Crippen LogP contribution in [-0.4, -0.2) is 113 Å². The lowest BCUT2D eigenvalue weighted by molar-refractivity contribution is -0.143. The van der Waals surface area contributed by atoms with Crippen LogP contribution in [0, 0.1) is 29.6 Å². The monoisotopic (exact) mass is 798 g/mol. The van der Waals surface area contributed by atoms with E-state index in [1.807, 2.05) is 13.8 Å². The normalized spacial score (nSPS) is 15.7. The van der Waals surface area contributed by atoms with Gasteiger partial charge in [0, 0.05) is 0 Å². The molecule has 19 heteroatoms. The van der Waals surface area contributed by atoms with E-state index in [4.69, 9.17) is 5.73 Å². The number of amides is 8. The van der Waals surface area contributed by atoms with Gasteiger partial charge in [-0.25, -0.2) is 4.79 Å². The summed E-state index contributed by atoms with van der Waals surface area (Å²) in [6.07, 6.45) is 0.224. The summed E-state index contributed by atoms with van der Waals surface area (Å²) in [6.45, 7) is 20.7. The Balaban J connectivity index is 5.52. The second-order valence-electron chi connectivity index (χ2n) is 16.0. The van der Waals surface area contributed by atoms with E-state index >= 15 is 0 Å². The van der Waals surface area contributed by atoms with Crippen LogP contribution in [0.25, 0.3) is 0 Å². The molecule has 56 heavy (non-hydrogen) atoms. The molecular formula is C37H67N9O10. The molecular weight excluding hydrogens is 730 g/mol. The van der Waals surface area contributed by atoms with Gasteiger partial charge in [0.25, 0.3) is 0 Å². The van der Waals surface area contributed by atoms with Crippen molar-refractivity contribution in [2.45, 2.75) is 145 Å².